The largest absolute Gasteiger partial charge is 0.348 e. The molecule has 0 amide bonds. The van der Waals surface area contributed by atoms with Gasteiger partial charge >= 0.3 is 0 Å². The zero-order valence-electron chi connectivity index (χ0n) is 7.23. The Kier molecular flexibility index (Phi) is 2.02. The topological polar surface area (TPSA) is 75.0 Å². The molecule has 1 aromatic heterocycles. The van der Waals surface area contributed by atoms with Crippen LogP contribution in [0.5, 0.6) is 0 Å². The van der Waals surface area contributed by atoms with Gasteiger partial charge in [-0.1, -0.05) is 0 Å². The number of H-pyrrole nitrogens is 1. The number of nitrogens with one attached hydrogen (secondary N) is 1. The highest BCUT2D eigenvalue weighted by Crippen LogP contribution is 2.19. The van der Waals surface area contributed by atoms with Crippen LogP contribution in [0, 0.1) is 0 Å². The van der Waals surface area contributed by atoms with Crippen molar-refractivity contribution in [1.82, 2.24) is 9.97 Å². The van der Waals surface area contributed by atoms with Gasteiger partial charge in [0.1, 0.15) is 0 Å². The molecule has 0 aliphatic carbocycles. The molecule has 13 heavy (non-hydrogen) atoms. The third kappa shape index (κ3) is 1.31. The molecule has 1 aliphatic heterocycles. The van der Waals surface area contributed by atoms with Gasteiger partial charge < -0.3 is 15.6 Å². The number of aromatic nitrogens is 2. The van der Waals surface area contributed by atoms with Gasteiger partial charge in [-0.15, -0.1) is 0 Å². The molecule has 1 aliphatic rings. The summed E-state index contributed by atoms with van der Waals surface area (Å²) in [5, 5.41) is 0. The number of hydrogen-bond acceptors (Lipinski definition) is 4. The molecule has 1 aromatic rings. The minimum Gasteiger partial charge on any atom is -0.348 e. The van der Waals surface area contributed by atoms with Crippen LogP contribution in [0.15, 0.2) is 17.2 Å². The van der Waals surface area contributed by atoms with Crippen LogP contribution in [-0.2, 0) is 0 Å². The molecule has 1 fully saturated rings. The molecule has 0 saturated carbocycles. The first kappa shape index (κ1) is 8.25. The van der Waals surface area contributed by atoms with Crippen molar-refractivity contribution in [2.75, 3.05) is 18.0 Å². The summed E-state index contributed by atoms with van der Waals surface area (Å²) < 4.78 is 0. The van der Waals surface area contributed by atoms with Crippen molar-refractivity contribution in [3.05, 3.63) is 22.7 Å². The molecule has 1 saturated heterocycles. The van der Waals surface area contributed by atoms with Gasteiger partial charge in [0.25, 0.3) is 5.56 Å². The third-order valence-electron chi connectivity index (χ3n) is 2.38. The molecular weight excluding hydrogens is 168 g/mol. The lowest BCUT2D eigenvalue weighted by Gasteiger charge is -2.40. The Balaban J connectivity index is 2.26. The molecule has 0 aromatic carbocycles. The van der Waals surface area contributed by atoms with Crippen molar-refractivity contribution >= 4 is 5.82 Å². The standard InChI is InChI=1S/C8H12N4O/c9-5-6-1-4-12(6)7-8(13)11-3-2-10-7/h2-3,6H,1,4-5,9H2,(H,11,13). The molecule has 3 N–H and O–H groups in total. The Hall–Kier alpha value is -1.36. The highest BCUT2D eigenvalue weighted by atomic mass is 16.1. The second kappa shape index (κ2) is 3.18. The second-order valence-electron chi connectivity index (χ2n) is 3.11. The lowest BCUT2D eigenvalue weighted by atomic mass is 10.0. The molecule has 5 heteroatoms. The van der Waals surface area contributed by atoms with E-state index in [1.54, 1.807) is 6.20 Å². The van der Waals surface area contributed by atoms with Crippen LogP contribution in [0.2, 0.25) is 0 Å². The molecule has 5 nitrogen and oxygen atoms in total. The predicted octanol–water partition coefficient (Wildman–Crippen LogP) is -0.693. The Morgan fingerprint density at radius 2 is 2.62 bits per heavy atom. The summed E-state index contributed by atoms with van der Waals surface area (Å²) in [6.45, 7) is 1.46. The van der Waals surface area contributed by atoms with E-state index < -0.39 is 0 Å². The maximum Gasteiger partial charge on any atom is 0.290 e. The first-order valence-electron chi connectivity index (χ1n) is 4.33. The maximum atomic E-state index is 11.3. The number of aromatic amines is 1. The van der Waals surface area contributed by atoms with Crippen molar-refractivity contribution in [2.24, 2.45) is 5.73 Å². The molecule has 70 valence electrons. The van der Waals surface area contributed by atoms with Crippen LogP contribution in [0.3, 0.4) is 0 Å². The van der Waals surface area contributed by atoms with E-state index >= 15 is 0 Å². The summed E-state index contributed by atoms with van der Waals surface area (Å²) in [7, 11) is 0. The number of anilines is 1. The molecular formula is C8H12N4O. The van der Waals surface area contributed by atoms with Gasteiger partial charge in [-0.2, -0.15) is 0 Å². The number of hydrogen-bond donors (Lipinski definition) is 2. The van der Waals surface area contributed by atoms with Crippen LogP contribution in [-0.4, -0.2) is 29.1 Å². The monoisotopic (exact) mass is 180 g/mol. The van der Waals surface area contributed by atoms with E-state index in [1.165, 1.54) is 6.20 Å². The zero-order valence-corrected chi connectivity index (χ0v) is 7.23. The zero-order chi connectivity index (χ0) is 9.26. The van der Waals surface area contributed by atoms with E-state index in [4.69, 9.17) is 5.73 Å². The number of nitrogens with zero attached hydrogens (tertiary/aromatic N) is 2. The Morgan fingerprint density at radius 1 is 1.77 bits per heavy atom. The Labute approximate surface area is 75.6 Å². The second-order valence-corrected chi connectivity index (χ2v) is 3.11. The van der Waals surface area contributed by atoms with Crippen LogP contribution in [0.25, 0.3) is 0 Å². The summed E-state index contributed by atoms with van der Waals surface area (Å²) >= 11 is 0. The summed E-state index contributed by atoms with van der Waals surface area (Å²) in [5.74, 6) is 0.490. The summed E-state index contributed by atoms with van der Waals surface area (Å²) in [4.78, 5) is 19.9. The molecule has 0 radical (unpaired) electrons. The molecule has 1 atom stereocenters. The fraction of sp³-hybridized carbons (Fsp3) is 0.500. The molecule has 2 rings (SSSR count). The predicted molar refractivity (Wildman–Crippen MR) is 49.7 cm³/mol. The maximum absolute atomic E-state index is 11.3. The SMILES string of the molecule is NCC1CCN1c1ncc[nH]c1=O. The average Bonchev–Trinajstić information content (AvgIpc) is 2.08. The number of rotatable bonds is 2. The van der Waals surface area contributed by atoms with E-state index in [-0.39, 0.29) is 11.6 Å². The van der Waals surface area contributed by atoms with Crippen LogP contribution >= 0.6 is 0 Å². The van der Waals surface area contributed by atoms with E-state index in [0.29, 0.717) is 12.4 Å². The average molecular weight is 180 g/mol. The van der Waals surface area contributed by atoms with Gasteiger partial charge in [-0.05, 0) is 6.42 Å². The van der Waals surface area contributed by atoms with Crippen molar-refractivity contribution in [1.29, 1.82) is 0 Å². The normalized spacial score (nSPS) is 21.3. The minimum absolute atomic E-state index is 0.138. The van der Waals surface area contributed by atoms with E-state index in [0.717, 1.165) is 13.0 Å². The fourth-order valence-electron chi connectivity index (χ4n) is 1.51. The van der Waals surface area contributed by atoms with Gasteiger partial charge in [-0.25, -0.2) is 4.98 Å². The van der Waals surface area contributed by atoms with Gasteiger partial charge in [0.15, 0.2) is 5.82 Å². The van der Waals surface area contributed by atoms with Crippen LogP contribution < -0.4 is 16.2 Å². The van der Waals surface area contributed by atoms with Crippen molar-refractivity contribution in [2.45, 2.75) is 12.5 Å². The van der Waals surface area contributed by atoms with Gasteiger partial charge in [0.2, 0.25) is 0 Å². The van der Waals surface area contributed by atoms with Crippen molar-refractivity contribution in [3.8, 4) is 0 Å². The first-order chi connectivity index (χ1) is 6.33. The molecule has 2 heterocycles. The first-order valence-corrected chi connectivity index (χ1v) is 4.33. The van der Waals surface area contributed by atoms with Crippen molar-refractivity contribution < 1.29 is 0 Å². The minimum atomic E-state index is -0.138. The molecule has 1 unspecified atom stereocenters. The van der Waals surface area contributed by atoms with Gasteiger partial charge in [-0.3, -0.25) is 4.79 Å². The fourth-order valence-corrected chi connectivity index (χ4v) is 1.51. The summed E-state index contributed by atoms with van der Waals surface area (Å²) in [6, 6.07) is 0.288. The highest BCUT2D eigenvalue weighted by molar-refractivity contribution is 5.40. The van der Waals surface area contributed by atoms with Gasteiger partial charge in [0.05, 0.1) is 0 Å². The Morgan fingerprint density at radius 3 is 3.15 bits per heavy atom. The summed E-state index contributed by atoms with van der Waals surface area (Å²) in [6.07, 6.45) is 4.16. The van der Waals surface area contributed by atoms with Gasteiger partial charge in [0, 0.05) is 31.5 Å². The lowest BCUT2D eigenvalue weighted by molar-refractivity contribution is 0.450. The van der Waals surface area contributed by atoms with E-state index in [9.17, 15) is 4.79 Å². The smallest absolute Gasteiger partial charge is 0.290 e. The van der Waals surface area contributed by atoms with Crippen LogP contribution in [0.1, 0.15) is 6.42 Å². The third-order valence-corrected chi connectivity index (χ3v) is 2.38. The Bertz CT molecular complexity index is 346. The number of nitrogens with two attached hydrogens (primary N) is 1. The van der Waals surface area contributed by atoms with E-state index in [2.05, 4.69) is 9.97 Å². The van der Waals surface area contributed by atoms with Crippen LogP contribution in [0.4, 0.5) is 5.82 Å². The quantitative estimate of drug-likeness (QED) is 0.631. The highest BCUT2D eigenvalue weighted by Gasteiger charge is 2.29. The lowest BCUT2D eigenvalue weighted by Crippen LogP contribution is -2.54. The van der Waals surface area contributed by atoms with Crippen molar-refractivity contribution in [3.63, 3.8) is 0 Å². The van der Waals surface area contributed by atoms with E-state index in [1.807, 2.05) is 4.90 Å². The molecule has 0 bridgehead atoms. The summed E-state index contributed by atoms with van der Waals surface area (Å²) in [5.41, 5.74) is 5.39. The molecule has 0 spiro atoms.